The summed E-state index contributed by atoms with van der Waals surface area (Å²) in [6, 6.07) is 5.83. The molecule has 2 aromatic rings. The van der Waals surface area contributed by atoms with Crippen LogP contribution in [-0.4, -0.2) is 11.1 Å². The summed E-state index contributed by atoms with van der Waals surface area (Å²) in [5.74, 6) is 6.16. The van der Waals surface area contributed by atoms with Crippen molar-refractivity contribution in [2.24, 2.45) is 5.84 Å². The van der Waals surface area contributed by atoms with Gasteiger partial charge >= 0.3 is 0 Å². The van der Waals surface area contributed by atoms with E-state index >= 15 is 0 Å². The Bertz CT molecular complexity index is 467. The Hall–Kier alpha value is -1.33. The van der Waals surface area contributed by atoms with Gasteiger partial charge in [-0.1, -0.05) is 11.3 Å². The number of anilines is 1. The molecule has 80 valence electrons. The van der Waals surface area contributed by atoms with Gasteiger partial charge in [0.05, 0.1) is 16.3 Å². The summed E-state index contributed by atoms with van der Waals surface area (Å²) in [5, 5.41) is 0.715. The van der Waals surface area contributed by atoms with Crippen LogP contribution in [0.1, 0.15) is 13.8 Å². The smallest absolute Gasteiger partial charge is 0.198 e. The molecule has 15 heavy (non-hydrogen) atoms. The molecule has 0 saturated carbocycles. The fraction of sp³-hybridized carbons (Fsp3) is 0.300. The highest BCUT2D eigenvalue weighted by molar-refractivity contribution is 7.22. The Balaban J connectivity index is 2.37. The third kappa shape index (κ3) is 2.19. The lowest BCUT2D eigenvalue weighted by Crippen LogP contribution is -2.05. The van der Waals surface area contributed by atoms with E-state index in [-0.39, 0.29) is 6.10 Å². The number of hydrogen-bond donors (Lipinski definition) is 2. The monoisotopic (exact) mass is 223 g/mol. The van der Waals surface area contributed by atoms with Crippen LogP contribution in [0.4, 0.5) is 5.13 Å². The molecule has 1 aromatic carbocycles. The maximum absolute atomic E-state index is 5.59. The highest BCUT2D eigenvalue weighted by Crippen LogP contribution is 2.28. The molecule has 0 spiro atoms. The van der Waals surface area contributed by atoms with E-state index in [9.17, 15) is 0 Å². The second-order valence-corrected chi connectivity index (χ2v) is 4.49. The van der Waals surface area contributed by atoms with E-state index in [2.05, 4.69) is 10.4 Å². The van der Waals surface area contributed by atoms with Gasteiger partial charge in [0.1, 0.15) is 5.75 Å². The molecule has 0 saturated heterocycles. The quantitative estimate of drug-likeness (QED) is 0.619. The summed E-state index contributed by atoms with van der Waals surface area (Å²) < 4.78 is 6.66. The van der Waals surface area contributed by atoms with E-state index in [0.717, 1.165) is 16.0 Å². The molecule has 0 aliphatic rings. The van der Waals surface area contributed by atoms with E-state index in [1.54, 1.807) is 0 Å². The maximum Gasteiger partial charge on any atom is 0.198 e. The Kier molecular flexibility index (Phi) is 2.75. The van der Waals surface area contributed by atoms with Gasteiger partial charge in [-0.05, 0) is 32.0 Å². The van der Waals surface area contributed by atoms with Gasteiger partial charge in [0.25, 0.3) is 0 Å². The maximum atomic E-state index is 5.59. The van der Waals surface area contributed by atoms with E-state index < -0.39 is 0 Å². The van der Waals surface area contributed by atoms with Crippen LogP contribution < -0.4 is 16.0 Å². The van der Waals surface area contributed by atoms with E-state index in [4.69, 9.17) is 10.6 Å². The normalized spacial score (nSPS) is 10.9. The van der Waals surface area contributed by atoms with Gasteiger partial charge in [0.15, 0.2) is 5.13 Å². The number of benzene rings is 1. The van der Waals surface area contributed by atoms with E-state index in [1.807, 2.05) is 32.0 Å². The lowest BCUT2D eigenvalue weighted by atomic mass is 10.3. The summed E-state index contributed by atoms with van der Waals surface area (Å²) in [6.07, 6.45) is 0.183. The van der Waals surface area contributed by atoms with Gasteiger partial charge in [-0.15, -0.1) is 0 Å². The Labute approximate surface area is 92.0 Å². The number of nitrogen functional groups attached to an aromatic ring is 1. The highest BCUT2D eigenvalue weighted by Gasteiger charge is 2.04. The molecule has 4 nitrogen and oxygen atoms in total. The molecule has 0 aliphatic heterocycles. The van der Waals surface area contributed by atoms with Crippen LogP contribution in [0.15, 0.2) is 18.2 Å². The van der Waals surface area contributed by atoms with Crippen LogP contribution in [0.3, 0.4) is 0 Å². The zero-order valence-corrected chi connectivity index (χ0v) is 9.47. The average Bonchev–Trinajstić information content (AvgIpc) is 2.58. The first-order chi connectivity index (χ1) is 7.19. The fourth-order valence-corrected chi connectivity index (χ4v) is 2.12. The van der Waals surface area contributed by atoms with Gasteiger partial charge in [-0.25, -0.2) is 10.8 Å². The molecule has 0 bridgehead atoms. The van der Waals surface area contributed by atoms with Gasteiger partial charge in [-0.3, -0.25) is 5.43 Å². The first-order valence-corrected chi connectivity index (χ1v) is 5.54. The zero-order valence-electron chi connectivity index (χ0n) is 8.65. The number of hydrogen-bond acceptors (Lipinski definition) is 5. The van der Waals surface area contributed by atoms with Crippen LogP contribution in [0, 0.1) is 0 Å². The third-order valence-corrected chi connectivity index (χ3v) is 2.80. The predicted octanol–water partition coefficient (Wildman–Crippen LogP) is 2.37. The lowest BCUT2D eigenvalue weighted by molar-refractivity contribution is 0.243. The van der Waals surface area contributed by atoms with Crippen molar-refractivity contribution in [3.63, 3.8) is 0 Å². The van der Waals surface area contributed by atoms with Crippen LogP contribution >= 0.6 is 11.3 Å². The van der Waals surface area contributed by atoms with Crippen molar-refractivity contribution in [1.82, 2.24) is 4.98 Å². The number of nitrogens with one attached hydrogen (secondary N) is 1. The van der Waals surface area contributed by atoms with Gasteiger partial charge in [0.2, 0.25) is 0 Å². The number of ether oxygens (including phenoxy) is 1. The molecule has 1 aromatic heterocycles. The fourth-order valence-electron chi connectivity index (χ4n) is 1.31. The third-order valence-electron chi connectivity index (χ3n) is 1.86. The summed E-state index contributed by atoms with van der Waals surface area (Å²) in [7, 11) is 0. The van der Waals surface area contributed by atoms with E-state index in [1.165, 1.54) is 11.3 Å². The molecule has 2 rings (SSSR count). The van der Waals surface area contributed by atoms with Crippen molar-refractivity contribution in [3.8, 4) is 5.75 Å². The summed E-state index contributed by atoms with van der Waals surface area (Å²) >= 11 is 1.51. The van der Waals surface area contributed by atoms with Crippen molar-refractivity contribution in [2.45, 2.75) is 20.0 Å². The van der Waals surface area contributed by atoms with Crippen molar-refractivity contribution < 1.29 is 4.74 Å². The minimum absolute atomic E-state index is 0.183. The number of thiazole rings is 1. The van der Waals surface area contributed by atoms with Gasteiger partial charge in [0, 0.05) is 0 Å². The molecule has 0 fully saturated rings. The minimum Gasteiger partial charge on any atom is -0.491 e. The van der Waals surface area contributed by atoms with Gasteiger partial charge in [-0.2, -0.15) is 0 Å². The molecule has 0 amide bonds. The zero-order chi connectivity index (χ0) is 10.8. The van der Waals surface area contributed by atoms with Crippen molar-refractivity contribution in [2.75, 3.05) is 5.43 Å². The summed E-state index contributed by atoms with van der Waals surface area (Å²) in [5.41, 5.74) is 3.48. The van der Waals surface area contributed by atoms with Crippen molar-refractivity contribution in [1.29, 1.82) is 0 Å². The number of nitrogens with zero attached hydrogens (tertiary/aromatic N) is 1. The molecule has 5 heteroatoms. The number of nitrogens with two attached hydrogens (primary N) is 1. The van der Waals surface area contributed by atoms with Gasteiger partial charge < -0.3 is 4.74 Å². The summed E-state index contributed by atoms with van der Waals surface area (Å²) in [4.78, 5) is 4.28. The van der Waals surface area contributed by atoms with E-state index in [0.29, 0.717) is 5.13 Å². The van der Waals surface area contributed by atoms with Crippen molar-refractivity contribution >= 4 is 26.7 Å². The molecule has 3 N–H and O–H groups in total. The highest BCUT2D eigenvalue weighted by atomic mass is 32.1. The molecule has 0 atom stereocenters. The number of hydrazine groups is 1. The molecular weight excluding hydrogens is 210 g/mol. The van der Waals surface area contributed by atoms with Crippen molar-refractivity contribution in [3.05, 3.63) is 18.2 Å². The number of fused-ring (bicyclic) bond motifs is 1. The Morgan fingerprint density at radius 3 is 2.93 bits per heavy atom. The molecule has 1 heterocycles. The van der Waals surface area contributed by atoms with Crippen LogP contribution in [0.2, 0.25) is 0 Å². The molecule has 0 unspecified atom stereocenters. The lowest BCUT2D eigenvalue weighted by Gasteiger charge is -2.08. The Morgan fingerprint density at radius 2 is 2.27 bits per heavy atom. The average molecular weight is 223 g/mol. The number of aromatic nitrogens is 1. The predicted molar refractivity (Wildman–Crippen MR) is 63.2 cm³/mol. The molecule has 0 radical (unpaired) electrons. The minimum atomic E-state index is 0.183. The standard InChI is InChI=1S/C10H13N3OS/c1-6(2)14-7-3-4-8-9(5-7)15-10(12-8)13-11/h3-6H,11H2,1-2H3,(H,12,13). The first kappa shape index (κ1) is 10.2. The second kappa shape index (κ2) is 4.04. The second-order valence-electron chi connectivity index (χ2n) is 3.46. The topological polar surface area (TPSA) is 60.2 Å². The number of rotatable bonds is 3. The largest absolute Gasteiger partial charge is 0.491 e. The van der Waals surface area contributed by atoms with Crippen LogP contribution in [0.5, 0.6) is 5.75 Å². The molecular formula is C10H13N3OS. The van der Waals surface area contributed by atoms with Crippen LogP contribution in [-0.2, 0) is 0 Å². The Morgan fingerprint density at radius 1 is 1.47 bits per heavy atom. The first-order valence-electron chi connectivity index (χ1n) is 4.73. The SMILES string of the molecule is CC(C)Oc1ccc2nc(NN)sc2c1. The molecule has 0 aliphatic carbocycles. The summed E-state index contributed by atoms with van der Waals surface area (Å²) in [6.45, 7) is 4.01. The van der Waals surface area contributed by atoms with Crippen LogP contribution in [0.25, 0.3) is 10.2 Å².